The lowest BCUT2D eigenvalue weighted by Crippen LogP contribution is -2.38. The van der Waals surface area contributed by atoms with Gasteiger partial charge in [0, 0.05) is 29.5 Å². The largest absolute Gasteiger partial charge is 0.493 e. The second-order valence-electron chi connectivity index (χ2n) is 6.86. The Morgan fingerprint density at radius 2 is 1.85 bits per heavy atom. The Kier molecular flexibility index (Phi) is 6.80. The number of carbonyl (C=O) groups excluding carboxylic acids is 1. The van der Waals surface area contributed by atoms with Gasteiger partial charge in [0.1, 0.15) is 0 Å². The van der Waals surface area contributed by atoms with Crippen molar-refractivity contribution in [2.24, 2.45) is 5.92 Å². The zero-order valence-corrected chi connectivity index (χ0v) is 17.1. The Labute approximate surface area is 165 Å². The van der Waals surface area contributed by atoms with Gasteiger partial charge < -0.3 is 9.47 Å². The van der Waals surface area contributed by atoms with Crippen LogP contribution in [0.4, 0.5) is 0 Å². The number of piperidine rings is 1. The van der Waals surface area contributed by atoms with Gasteiger partial charge in [-0.1, -0.05) is 12.1 Å². The summed E-state index contributed by atoms with van der Waals surface area (Å²) in [6.45, 7) is 2.74. The lowest BCUT2D eigenvalue weighted by molar-refractivity contribution is 0.0811. The number of thioether (sulfide) groups is 1. The Hall–Kier alpha value is -1.98. The zero-order valence-electron chi connectivity index (χ0n) is 16.2. The van der Waals surface area contributed by atoms with Crippen LogP contribution >= 0.6 is 11.8 Å². The van der Waals surface area contributed by atoms with Gasteiger partial charge in [0.15, 0.2) is 17.3 Å². The van der Waals surface area contributed by atoms with Gasteiger partial charge in [-0.25, -0.2) is 0 Å². The summed E-state index contributed by atoms with van der Waals surface area (Å²) in [7, 11) is 3.20. The van der Waals surface area contributed by atoms with Crippen molar-refractivity contribution < 1.29 is 14.3 Å². The van der Waals surface area contributed by atoms with Crippen molar-refractivity contribution in [2.45, 2.75) is 24.3 Å². The maximum Gasteiger partial charge on any atom is 0.167 e. The van der Waals surface area contributed by atoms with Gasteiger partial charge in [-0.05, 0) is 61.5 Å². The molecular weight excluding hydrogens is 358 g/mol. The molecule has 0 bridgehead atoms. The fourth-order valence-corrected chi connectivity index (χ4v) is 4.04. The number of methoxy groups -OCH3 is 2. The smallest absolute Gasteiger partial charge is 0.167 e. The minimum atomic E-state index is 0.0299. The molecule has 27 heavy (non-hydrogen) atoms. The summed E-state index contributed by atoms with van der Waals surface area (Å²) in [5.74, 6) is 1.47. The van der Waals surface area contributed by atoms with E-state index in [0.717, 1.165) is 32.5 Å². The van der Waals surface area contributed by atoms with Crippen molar-refractivity contribution in [3.63, 3.8) is 0 Å². The highest BCUT2D eigenvalue weighted by molar-refractivity contribution is 7.98. The lowest BCUT2D eigenvalue weighted by atomic mass is 9.89. The normalized spacial score (nSPS) is 17.5. The molecule has 2 aromatic rings. The number of ether oxygens (including phenoxy) is 2. The lowest BCUT2D eigenvalue weighted by Gasteiger charge is -2.32. The molecule has 1 aliphatic rings. The first kappa shape index (κ1) is 19.8. The van der Waals surface area contributed by atoms with Gasteiger partial charge >= 0.3 is 0 Å². The van der Waals surface area contributed by atoms with E-state index in [4.69, 9.17) is 9.47 Å². The first-order chi connectivity index (χ1) is 13.1. The van der Waals surface area contributed by atoms with Crippen molar-refractivity contribution in [3.05, 3.63) is 53.6 Å². The molecule has 144 valence electrons. The molecule has 0 unspecified atom stereocenters. The van der Waals surface area contributed by atoms with E-state index < -0.39 is 0 Å². The Morgan fingerprint density at radius 1 is 1.11 bits per heavy atom. The van der Waals surface area contributed by atoms with Gasteiger partial charge in [0.2, 0.25) is 0 Å². The fraction of sp³-hybridized carbons (Fsp3) is 0.409. The number of likely N-dealkylation sites (tertiary alicyclic amines) is 1. The number of ketones is 1. The van der Waals surface area contributed by atoms with E-state index in [1.54, 1.807) is 38.1 Å². The van der Waals surface area contributed by atoms with Crippen LogP contribution in [-0.4, -0.2) is 44.2 Å². The molecule has 1 saturated heterocycles. The third-order valence-electron chi connectivity index (χ3n) is 5.11. The minimum Gasteiger partial charge on any atom is -0.493 e. The van der Waals surface area contributed by atoms with Gasteiger partial charge in [-0.3, -0.25) is 9.69 Å². The first-order valence-electron chi connectivity index (χ1n) is 9.26. The average molecular weight is 386 g/mol. The predicted octanol–water partition coefficient (Wildman–Crippen LogP) is 4.52. The van der Waals surface area contributed by atoms with Crippen LogP contribution in [0.15, 0.2) is 47.4 Å². The van der Waals surface area contributed by atoms with Crippen LogP contribution in [-0.2, 0) is 6.54 Å². The minimum absolute atomic E-state index is 0.0299. The predicted molar refractivity (Wildman–Crippen MR) is 110 cm³/mol. The topological polar surface area (TPSA) is 38.8 Å². The fourth-order valence-electron chi connectivity index (χ4n) is 3.63. The first-order valence-corrected chi connectivity index (χ1v) is 10.5. The van der Waals surface area contributed by atoms with E-state index in [1.807, 2.05) is 6.07 Å². The molecule has 0 radical (unpaired) electrons. The van der Waals surface area contributed by atoms with Crippen molar-refractivity contribution in [1.29, 1.82) is 0 Å². The van der Waals surface area contributed by atoms with Crippen LogP contribution < -0.4 is 9.47 Å². The summed E-state index contributed by atoms with van der Waals surface area (Å²) in [4.78, 5) is 16.7. The Bertz CT molecular complexity index is 776. The maximum atomic E-state index is 13.0. The number of Topliss-reactive ketones (excluding diaryl/α,β-unsaturated/α-hetero) is 1. The van der Waals surface area contributed by atoms with Gasteiger partial charge in [0.25, 0.3) is 0 Å². The molecule has 1 heterocycles. The van der Waals surface area contributed by atoms with Crippen LogP contribution in [0.1, 0.15) is 28.8 Å². The molecule has 0 spiro atoms. The summed E-state index contributed by atoms with van der Waals surface area (Å²) in [6, 6.07) is 14.1. The van der Waals surface area contributed by atoms with E-state index >= 15 is 0 Å². The van der Waals surface area contributed by atoms with Gasteiger partial charge in [0.05, 0.1) is 14.2 Å². The summed E-state index contributed by atoms with van der Waals surface area (Å²) in [5, 5.41) is 0. The van der Waals surface area contributed by atoms with E-state index in [9.17, 15) is 4.79 Å². The Morgan fingerprint density at radius 3 is 2.52 bits per heavy atom. The quantitative estimate of drug-likeness (QED) is 0.517. The van der Waals surface area contributed by atoms with Crippen molar-refractivity contribution >= 4 is 17.5 Å². The van der Waals surface area contributed by atoms with E-state index in [1.165, 1.54) is 10.5 Å². The monoisotopic (exact) mass is 385 g/mol. The van der Waals surface area contributed by atoms with E-state index in [0.29, 0.717) is 17.1 Å². The number of hydrogen-bond acceptors (Lipinski definition) is 5. The van der Waals surface area contributed by atoms with Crippen molar-refractivity contribution in [3.8, 4) is 11.5 Å². The molecular formula is C22H27NO3S. The van der Waals surface area contributed by atoms with E-state index in [-0.39, 0.29) is 11.7 Å². The number of benzene rings is 2. The molecule has 0 aliphatic carbocycles. The molecule has 4 nitrogen and oxygen atoms in total. The molecule has 0 aromatic heterocycles. The number of nitrogens with zero attached hydrogens (tertiary/aromatic N) is 1. The molecule has 1 fully saturated rings. The second-order valence-corrected chi connectivity index (χ2v) is 7.74. The standard InChI is InChI=1S/C22H27NO3S/c1-25-20-11-8-17(13-21(20)26-2)22(24)18-5-4-12-23(15-18)14-16-6-9-19(27-3)10-7-16/h6-11,13,18H,4-5,12,14-15H2,1-3H3/t18-/m0/s1. The second kappa shape index (κ2) is 9.29. The summed E-state index contributed by atoms with van der Waals surface area (Å²) in [6.07, 6.45) is 4.08. The zero-order chi connectivity index (χ0) is 19.2. The third kappa shape index (κ3) is 4.85. The highest BCUT2D eigenvalue weighted by atomic mass is 32.2. The molecule has 5 heteroatoms. The summed E-state index contributed by atoms with van der Waals surface area (Å²) < 4.78 is 10.6. The summed E-state index contributed by atoms with van der Waals surface area (Å²) in [5.41, 5.74) is 2.00. The molecule has 0 N–H and O–H groups in total. The van der Waals surface area contributed by atoms with Crippen LogP contribution in [0.2, 0.25) is 0 Å². The molecule has 2 aromatic carbocycles. The highest BCUT2D eigenvalue weighted by Gasteiger charge is 2.27. The van der Waals surface area contributed by atoms with Crippen molar-refractivity contribution in [2.75, 3.05) is 33.6 Å². The summed E-state index contributed by atoms with van der Waals surface area (Å²) >= 11 is 1.75. The van der Waals surface area contributed by atoms with Gasteiger partial charge in [-0.2, -0.15) is 0 Å². The van der Waals surface area contributed by atoms with Crippen LogP contribution in [0.25, 0.3) is 0 Å². The maximum absolute atomic E-state index is 13.0. The molecule has 0 saturated carbocycles. The SMILES string of the molecule is COc1ccc(C(=O)[C@H]2CCCN(Cc3ccc(SC)cc3)C2)cc1OC. The average Bonchev–Trinajstić information content (AvgIpc) is 2.73. The third-order valence-corrected chi connectivity index (χ3v) is 5.85. The van der Waals surface area contributed by atoms with Crippen LogP contribution in [0.3, 0.4) is 0 Å². The number of carbonyl (C=O) groups is 1. The number of rotatable bonds is 7. The molecule has 1 atom stereocenters. The van der Waals surface area contributed by atoms with Crippen LogP contribution in [0, 0.1) is 5.92 Å². The number of hydrogen-bond donors (Lipinski definition) is 0. The van der Waals surface area contributed by atoms with Crippen molar-refractivity contribution in [1.82, 2.24) is 4.90 Å². The van der Waals surface area contributed by atoms with E-state index in [2.05, 4.69) is 35.4 Å². The molecule has 0 amide bonds. The molecule has 1 aliphatic heterocycles. The van der Waals surface area contributed by atoms with Gasteiger partial charge in [-0.15, -0.1) is 11.8 Å². The van der Waals surface area contributed by atoms with Crippen LogP contribution in [0.5, 0.6) is 11.5 Å². The highest BCUT2D eigenvalue weighted by Crippen LogP contribution is 2.30. The molecule has 3 rings (SSSR count). The Balaban J connectivity index is 1.67.